The number of benzene rings is 2. The minimum atomic E-state index is -4.48. The fourth-order valence-electron chi connectivity index (χ4n) is 2.85. The van der Waals surface area contributed by atoms with Crippen LogP contribution in [-0.2, 0) is 22.7 Å². The molecule has 156 valence electrons. The zero-order chi connectivity index (χ0) is 21.6. The molecule has 3 rings (SSSR count). The van der Waals surface area contributed by atoms with E-state index < -0.39 is 21.8 Å². The van der Waals surface area contributed by atoms with Crippen LogP contribution in [0.5, 0.6) is 5.75 Å². The largest absolute Gasteiger partial charge is 0.495 e. The van der Waals surface area contributed by atoms with Crippen molar-refractivity contribution >= 4 is 32.7 Å². The maximum Gasteiger partial charge on any atom is 0.416 e. The molecule has 0 fully saturated rings. The predicted octanol–water partition coefficient (Wildman–Crippen LogP) is 4.37. The van der Waals surface area contributed by atoms with Crippen LogP contribution in [0.4, 0.5) is 13.2 Å². The van der Waals surface area contributed by atoms with E-state index in [1.807, 2.05) is 0 Å². The van der Waals surface area contributed by atoms with Crippen molar-refractivity contribution in [2.75, 3.05) is 14.2 Å². The van der Waals surface area contributed by atoms with Gasteiger partial charge in [0, 0.05) is 7.05 Å². The third kappa shape index (κ3) is 4.19. The van der Waals surface area contributed by atoms with Crippen molar-refractivity contribution in [2.45, 2.75) is 24.5 Å². The van der Waals surface area contributed by atoms with E-state index in [9.17, 15) is 21.6 Å². The third-order valence-electron chi connectivity index (χ3n) is 4.37. The summed E-state index contributed by atoms with van der Waals surface area (Å²) in [6.07, 6.45) is -4.48. The summed E-state index contributed by atoms with van der Waals surface area (Å²) in [4.78, 5) is 6.92. The van der Waals surface area contributed by atoms with E-state index in [1.165, 1.54) is 32.4 Å². The van der Waals surface area contributed by atoms with Crippen molar-refractivity contribution in [1.82, 2.24) is 14.3 Å². The lowest BCUT2D eigenvalue weighted by Crippen LogP contribution is -2.27. The van der Waals surface area contributed by atoms with E-state index in [0.717, 1.165) is 16.4 Å². The van der Waals surface area contributed by atoms with Gasteiger partial charge in [-0.15, -0.1) is 0 Å². The summed E-state index contributed by atoms with van der Waals surface area (Å²) >= 11 is 6.06. The maximum absolute atomic E-state index is 12.9. The van der Waals surface area contributed by atoms with Crippen LogP contribution >= 0.6 is 11.6 Å². The number of hydrogen-bond donors (Lipinski definition) is 1. The zero-order valence-electron chi connectivity index (χ0n) is 15.6. The number of hydrogen-bond acceptors (Lipinski definition) is 4. The van der Waals surface area contributed by atoms with E-state index in [4.69, 9.17) is 16.3 Å². The van der Waals surface area contributed by atoms with Gasteiger partial charge >= 0.3 is 6.18 Å². The number of ether oxygens (including phenoxy) is 1. The number of H-pyrrole nitrogens is 1. The van der Waals surface area contributed by atoms with Crippen molar-refractivity contribution in [3.05, 3.63) is 52.3 Å². The molecule has 0 atom stereocenters. The van der Waals surface area contributed by atoms with Crippen LogP contribution in [0.25, 0.3) is 11.0 Å². The molecular formula is C18H17ClF3N3O3S. The summed E-state index contributed by atoms with van der Waals surface area (Å²) in [5.41, 5.74) is 0.106. The fourth-order valence-corrected chi connectivity index (χ4v) is 4.51. The van der Waals surface area contributed by atoms with Crippen LogP contribution in [-0.4, -0.2) is 36.8 Å². The molecule has 0 saturated carbocycles. The lowest BCUT2D eigenvalue weighted by atomic mass is 10.2. The molecule has 0 unspecified atom stereocenters. The Labute approximate surface area is 170 Å². The number of aromatic amines is 1. The summed E-state index contributed by atoms with van der Waals surface area (Å²) in [6, 6.07) is 5.92. The second kappa shape index (κ2) is 7.51. The number of aromatic nitrogens is 2. The van der Waals surface area contributed by atoms with Crippen LogP contribution < -0.4 is 4.74 Å². The summed E-state index contributed by atoms with van der Waals surface area (Å²) in [6.45, 7) is 1.45. The van der Waals surface area contributed by atoms with Gasteiger partial charge in [-0.1, -0.05) is 11.6 Å². The van der Waals surface area contributed by atoms with Crippen LogP contribution in [0.3, 0.4) is 0 Å². The molecule has 1 heterocycles. The summed E-state index contributed by atoms with van der Waals surface area (Å²) < 4.78 is 70.6. The average Bonchev–Trinajstić information content (AvgIpc) is 3.03. The highest BCUT2D eigenvalue weighted by Gasteiger charge is 2.31. The van der Waals surface area contributed by atoms with Gasteiger partial charge in [-0.2, -0.15) is 17.5 Å². The van der Waals surface area contributed by atoms with Gasteiger partial charge in [0.25, 0.3) is 0 Å². The molecule has 0 bridgehead atoms. The van der Waals surface area contributed by atoms with Gasteiger partial charge in [-0.3, -0.25) is 0 Å². The molecule has 0 radical (unpaired) electrons. The van der Waals surface area contributed by atoms with Crippen molar-refractivity contribution in [1.29, 1.82) is 0 Å². The molecule has 6 nitrogen and oxygen atoms in total. The van der Waals surface area contributed by atoms with Crippen molar-refractivity contribution in [3.8, 4) is 5.75 Å². The van der Waals surface area contributed by atoms with Crippen molar-refractivity contribution in [3.63, 3.8) is 0 Å². The van der Waals surface area contributed by atoms with Crippen LogP contribution in [0.2, 0.25) is 5.02 Å². The summed E-state index contributed by atoms with van der Waals surface area (Å²) in [5, 5.41) is 0.147. The molecule has 0 saturated heterocycles. The quantitative estimate of drug-likeness (QED) is 0.630. The highest BCUT2D eigenvalue weighted by molar-refractivity contribution is 7.89. The van der Waals surface area contributed by atoms with E-state index in [0.29, 0.717) is 16.8 Å². The van der Waals surface area contributed by atoms with E-state index in [1.54, 1.807) is 6.92 Å². The van der Waals surface area contributed by atoms with Crippen molar-refractivity contribution < 1.29 is 26.3 Å². The number of aryl methyl sites for hydroxylation is 1. The van der Waals surface area contributed by atoms with Gasteiger partial charge in [0.1, 0.15) is 11.6 Å². The molecule has 29 heavy (non-hydrogen) atoms. The number of sulfonamides is 1. The molecule has 1 aromatic heterocycles. The van der Waals surface area contributed by atoms with Gasteiger partial charge in [0.2, 0.25) is 10.0 Å². The molecule has 3 aromatic rings. The second-order valence-electron chi connectivity index (χ2n) is 6.43. The SMILES string of the molecule is COc1cc(C)c(S(=O)(=O)N(C)Cc2nc3ccc(C(F)(F)F)cc3[nH]2)cc1Cl. The molecule has 0 spiro atoms. The lowest BCUT2D eigenvalue weighted by molar-refractivity contribution is -0.137. The Morgan fingerprint density at radius 3 is 2.55 bits per heavy atom. The molecule has 11 heteroatoms. The van der Waals surface area contributed by atoms with Crippen LogP contribution in [0.1, 0.15) is 17.0 Å². The molecule has 1 N–H and O–H groups in total. The Hall–Kier alpha value is -2.30. The first-order valence-electron chi connectivity index (χ1n) is 8.30. The van der Waals surface area contributed by atoms with Gasteiger partial charge in [-0.25, -0.2) is 13.4 Å². The number of fused-ring (bicyclic) bond motifs is 1. The van der Waals surface area contributed by atoms with E-state index in [-0.39, 0.29) is 27.8 Å². The third-order valence-corrected chi connectivity index (χ3v) is 6.61. The number of alkyl halides is 3. The smallest absolute Gasteiger partial charge is 0.416 e. The predicted molar refractivity (Wildman–Crippen MR) is 102 cm³/mol. The first-order valence-corrected chi connectivity index (χ1v) is 10.1. The van der Waals surface area contributed by atoms with E-state index >= 15 is 0 Å². The molecule has 0 amide bonds. The van der Waals surface area contributed by atoms with E-state index in [2.05, 4.69) is 9.97 Å². The summed E-state index contributed by atoms with van der Waals surface area (Å²) in [5.74, 6) is 0.561. The topological polar surface area (TPSA) is 75.3 Å². The minimum Gasteiger partial charge on any atom is -0.495 e. The lowest BCUT2D eigenvalue weighted by Gasteiger charge is -2.18. The van der Waals surface area contributed by atoms with Gasteiger partial charge in [-0.05, 0) is 42.8 Å². The van der Waals surface area contributed by atoms with Gasteiger partial charge in [0.15, 0.2) is 0 Å². The average molecular weight is 448 g/mol. The monoisotopic (exact) mass is 447 g/mol. The zero-order valence-corrected chi connectivity index (χ0v) is 17.2. The Morgan fingerprint density at radius 1 is 1.24 bits per heavy atom. The second-order valence-corrected chi connectivity index (χ2v) is 8.85. The first kappa shape index (κ1) is 21.4. The molecule has 0 aliphatic rings. The fraction of sp³-hybridized carbons (Fsp3) is 0.278. The van der Waals surface area contributed by atoms with Gasteiger partial charge in [0.05, 0.1) is 40.2 Å². The van der Waals surface area contributed by atoms with Crippen LogP contribution in [0.15, 0.2) is 35.2 Å². The standard InChI is InChI=1S/C18H17ClF3N3O3S/c1-10-6-15(28-3)12(19)8-16(10)29(26,27)25(2)9-17-23-13-5-4-11(18(20,21)22)7-14(13)24-17/h4-8H,9H2,1-3H3,(H,23,24). The highest BCUT2D eigenvalue weighted by Crippen LogP contribution is 2.32. The molecule has 2 aromatic carbocycles. The number of methoxy groups -OCH3 is 1. The number of rotatable bonds is 5. The molecule has 0 aliphatic carbocycles. The molecular weight excluding hydrogens is 431 g/mol. The highest BCUT2D eigenvalue weighted by atomic mass is 35.5. The first-order chi connectivity index (χ1) is 13.4. The maximum atomic E-state index is 12.9. The number of imidazole rings is 1. The Morgan fingerprint density at radius 2 is 1.93 bits per heavy atom. The Kier molecular flexibility index (Phi) is 5.54. The van der Waals surface area contributed by atoms with Gasteiger partial charge < -0.3 is 9.72 Å². The normalized spacial score (nSPS) is 12.7. The molecule has 0 aliphatic heterocycles. The van der Waals surface area contributed by atoms with Crippen molar-refractivity contribution in [2.24, 2.45) is 0 Å². The number of nitrogens with one attached hydrogen (secondary N) is 1. The number of halogens is 4. The number of nitrogens with zero attached hydrogens (tertiary/aromatic N) is 2. The minimum absolute atomic E-state index is 0.00117. The van der Waals surface area contributed by atoms with Crippen LogP contribution in [0, 0.1) is 6.92 Å². The Balaban J connectivity index is 1.91. The summed E-state index contributed by atoms with van der Waals surface area (Å²) in [7, 11) is -1.16. The Bertz CT molecular complexity index is 1180.